The summed E-state index contributed by atoms with van der Waals surface area (Å²) in [6.45, 7) is 3.15. The summed E-state index contributed by atoms with van der Waals surface area (Å²) in [7, 11) is 0. The molecule has 0 saturated carbocycles. The van der Waals surface area contributed by atoms with E-state index >= 15 is 0 Å². The fourth-order valence-corrected chi connectivity index (χ4v) is 1.49. The summed E-state index contributed by atoms with van der Waals surface area (Å²) in [6, 6.07) is -0.972. The van der Waals surface area contributed by atoms with Crippen LogP contribution >= 0.6 is 0 Å². The van der Waals surface area contributed by atoms with Crippen LogP contribution in [-0.4, -0.2) is 49.5 Å². The lowest BCUT2D eigenvalue weighted by Gasteiger charge is -2.15. The van der Waals surface area contributed by atoms with Gasteiger partial charge in [-0.05, 0) is 6.42 Å². The van der Waals surface area contributed by atoms with Gasteiger partial charge in [0.15, 0.2) is 6.04 Å². The Labute approximate surface area is 93.9 Å². The molecule has 0 aromatic rings. The summed E-state index contributed by atoms with van der Waals surface area (Å²) < 4.78 is 10.4. The van der Waals surface area contributed by atoms with Gasteiger partial charge in [-0.1, -0.05) is 0 Å². The molecule has 92 valence electrons. The van der Waals surface area contributed by atoms with Crippen LogP contribution in [0.5, 0.6) is 0 Å². The molecule has 1 aliphatic heterocycles. The van der Waals surface area contributed by atoms with Crippen LogP contribution in [0.4, 0.5) is 0 Å². The lowest BCUT2D eigenvalue weighted by Crippen LogP contribution is -2.43. The molecule has 0 spiro atoms. The van der Waals surface area contributed by atoms with E-state index < -0.39 is 12.0 Å². The second-order valence-electron chi connectivity index (χ2n) is 3.86. The number of hydrogen-bond acceptors (Lipinski definition) is 4. The number of ether oxygens (including phenoxy) is 2. The molecule has 2 N–H and O–H groups in total. The van der Waals surface area contributed by atoms with Crippen molar-refractivity contribution >= 4 is 11.9 Å². The van der Waals surface area contributed by atoms with Crippen molar-refractivity contribution in [3.63, 3.8) is 0 Å². The van der Waals surface area contributed by atoms with Gasteiger partial charge >= 0.3 is 5.97 Å². The number of aliphatic carboxylic acids is 1. The van der Waals surface area contributed by atoms with E-state index in [0.29, 0.717) is 19.1 Å². The Bertz CT molecular complexity index is 250. The lowest BCUT2D eigenvalue weighted by molar-refractivity contribution is -0.143. The molecule has 16 heavy (non-hydrogen) atoms. The average Bonchev–Trinajstić information content (AvgIpc) is 2.68. The Morgan fingerprint density at radius 3 is 2.88 bits per heavy atom. The van der Waals surface area contributed by atoms with Gasteiger partial charge in [0.2, 0.25) is 5.91 Å². The highest BCUT2D eigenvalue weighted by Crippen LogP contribution is 2.12. The van der Waals surface area contributed by atoms with Crippen molar-refractivity contribution < 1.29 is 24.2 Å². The first kappa shape index (κ1) is 12.9. The van der Waals surface area contributed by atoms with Crippen LogP contribution < -0.4 is 5.32 Å². The first-order chi connectivity index (χ1) is 7.59. The molecule has 1 aliphatic rings. The third-order valence-corrected chi connectivity index (χ3v) is 2.34. The summed E-state index contributed by atoms with van der Waals surface area (Å²) >= 11 is 0. The summed E-state index contributed by atoms with van der Waals surface area (Å²) in [5.41, 5.74) is 0. The molecule has 0 aromatic heterocycles. The standard InChI is InChI=1S/C10H17NO5/c1-7(12)11-9(10(13)14)6-16-5-8-2-3-15-4-8/h8-9H,2-6H2,1H3,(H,11,12)(H,13,14). The molecule has 6 nitrogen and oxygen atoms in total. The highest BCUT2D eigenvalue weighted by atomic mass is 16.5. The molecule has 0 bridgehead atoms. The van der Waals surface area contributed by atoms with Gasteiger partial charge in [0, 0.05) is 19.4 Å². The maximum Gasteiger partial charge on any atom is 0.328 e. The third-order valence-electron chi connectivity index (χ3n) is 2.34. The number of carboxylic acids is 1. The van der Waals surface area contributed by atoms with E-state index in [2.05, 4.69) is 5.32 Å². The Morgan fingerprint density at radius 1 is 1.62 bits per heavy atom. The van der Waals surface area contributed by atoms with Crippen LogP contribution in [0, 0.1) is 5.92 Å². The molecule has 6 heteroatoms. The van der Waals surface area contributed by atoms with Gasteiger partial charge in [0.1, 0.15) is 0 Å². The van der Waals surface area contributed by atoms with Gasteiger partial charge in [-0.25, -0.2) is 4.79 Å². The number of rotatable bonds is 6. The van der Waals surface area contributed by atoms with Crippen molar-refractivity contribution in [2.75, 3.05) is 26.4 Å². The van der Waals surface area contributed by atoms with Gasteiger partial charge in [-0.2, -0.15) is 0 Å². The normalized spacial score (nSPS) is 21.7. The lowest BCUT2D eigenvalue weighted by atomic mass is 10.1. The van der Waals surface area contributed by atoms with E-state index in [1.54, 1.807) is 0 Å². The van der Waals surface area contributed by atoms with Crippen LogP contribution in [0.1, 0.15) is 13.3 Å². The van der Waals surface area contributed by atoms with E-state index in [9.17, 15) is 9.59 Å². The quantitative estimate of drug-likeness (QED) is 0.651. The number of carboxylic acid groups (broad SMARTS) is 1. The first-order valence-corrected chi connectivity index (χ1v) is 5.25. The van der Waals surface area contributed by atoms with Crippen molar-refractivity contribution in [1.82, 2.24) is 5.32 Å². The summed E-state index contributed by atoms with van der Waals surface area (Å²) in [5, 5.41) is 11.1. The van der Waals surface area contributed by atoms with Crippen LogP contribution in [0.25, 0.3) is 0 Å². The van der Waals surface area contributed by atoms with Crippen LogP contribution in [0.3, 0.4) is 0 Å². The van der Waals surface area contributed by atoms with E-state index in [4.69, 9.17) is 14.6 Å². The average molecular weight is 231 g/mol. The predicted molar refractivity (Wildman–Crippen MR) is 55.0 cm³/mol. The number of hydrogen-bond donors (Lipinski definition) is 2. The second kappa shape index (κ2) is 6.44. The van der Waals surface area contributed by atoms with Crippen molar-refractivity contribution in [1.29, 1.82) is 0 Å². The van der Waals surface area contributed by atoms with E-state index in [0.717, 1.165) is 13.0 Å². The van der Waals surface area contributed by atoms with Crippen molar-refractivity contribution in [3.05, 3.63) is 0 Å². The van der Waals surface area contributed by atoms with Crippen LogP contribution in [-0.2, 0) is 19.1 Å². The zero-order chi connectivity index (χ0) is 12.0. The number of nitrogens with one attached hydrogen (secondary N) is 1. The Morgan fingerprint density at radius 2 is 2.38 bits per heavy atom. The maximum absolute atomic E-state index is 10.7. The molecule has 2 atom stereocenters. The second-order valence-corrected chi connectivity index (χ2v) is 3.86. The number of carbonyl (C=O) groups excluding carboxylic acids is 1. The summed E-state index contributed by atoms with van der Waals surface area (Å²) in [5.74, 6) is -1.12. The molecule has 0 radical (unpaired) electrons. The van der Waals surface area contributed by atoms with E-state index in [1.165, 1.54) is 6.92 Å². The third kappa shape index (κ3) is 4.59. The minimum atomic E-state index is -1.09. The predicted octanol–water partition coefficient (Wildman–Crippen LogP) is -0.371. The topological polar surface area (TPSA) is 84.9 Å². The fourth-order valence-electron chi connectivity index (χ4n) is 1.49. The van der Waals surface area contributed by atoms with Gasteiger partial charge in [-0.15, -0.1) is 0 Å². The molecular formula is C10H17NO5. The molecule has 1 rings (SSSR count). The van der Waals surface area contributed by atoms with Crippen LogP contribution in [0.15, 0.2) is 0 Å². The molecular weight excluding hydrogens is 214 g/mol. The minimum Gasteiger partial charge on any atom is -0.480 e. The monoisotopic (exact) mass is 231 g/mol. The smallest absolute Gasteiger partial charge is 0.328 e. The molecule has 1 amide bonds. The SMILES string of the molecule is CC(=O)NC(COCC1CCOC1)C(=O)O. The van der Waals surface area contributed by atoms with E-state index in [-0.39, 0.29) is 12.5 Å². The van der Waals surface area contributed by atoms with Crippen molar-refractivity contribution in [3.8, 4) is 0 Å². The fraction of sp³-hybridized carbons (Fsp3) is 0.800. The zero-order valence-corrected chi connectivity index (χ0v) is 9.27. The molecule has 2 unspecified atom stereocenters. The maximum atomic E-state index is 10.7. The Kier molecular flexibility index (Phi) is 5.21. The van der Waals surface area contributed by atoms with Crippen molar-refractivity contribution in [2.24, 2.45) is 5.92 Å². The molecule has 1 saturated heterocycles. The number of amides is 1. The number of carbonyl (C=O) groups is 2. The van der Waals surface area contributed by atoms with Crippen LogP contribution in [0.2, 0.25) is 0 Å². The minimum absolute atomic E-state index is 0.00852. The highest BCUT2D eigenvalue weighted by Gasteiger charge is 2.20. The van der Waals surface area contributed by atoms with Gasteiger partial charge in [-0.3, -0.25) is 4.79 Å². The molecule has 1 fully saturated rings. The Hall–Kier alpha value is -1.14. The summed E-state index contributed by atoms with van der Waals surface area (Å²) in [6.07, 6.45) is 0.942. The molecule has 1 heterocycles. The molecule has 0 aliphatic carbocycles. The zero-order valence-electron chi connectivity index (χ0n) is 9.27. The largest absolute Gasteiger partial charge is 0.480 e. The van der Waals surface area contributed by atoms with Crippen molar-refractivity contribution in [2.45, 2.75) is 19.4 Å². The summed E-state index contributed by atoms with van der Waals surface area (Å²) in [4.78, 5) is 21.5. The van der Waals surface area contributed by atoms with Gasteiger partial charge in [0.05, 0.1) is 19.8 Å². The highest BCUT2D eigenvalue weighted by molar-refractivity contribution is 5.82. The molecule has 0 aromatic carbocycles. The first-order valence-electron chi connectivity index (χ1n) is 5.25. The van der Waals surface area contributed by atoms with E-state index in [1.807, 2.05) is 0 Å². The Balaban J connectivity index is 2.21. The van der Waals surface area contributed by atoms with Gasteiger partial charge in [0.25, 0.3) is 0 Å². The van der Waals surface area contributed by atoms with Gasteiger partial charge < -0.3 is 19.9 Å².